The van der Waals surface area contributed by atoms with Crippen LogP contribution in [0, 0.1) is 0 Å². The summed E-state index contributed by atoms with van der Waals surface area (Å²) in [4.78, 5) is 28.1. The number of nitrogens with zero attached hydrogens (tertiary/aromatic N) is 4. The van der Waals surface area contributed by atoms with E-state index >= 15 is 0 Å². The summed E-state index contributed by atoms with van der Waals surface area (Å²) in [5, 5.41) is 10.8. The topological polar surface area (TPSA) is 78.4 Å². The van der Waals surface area contributed by atoms with Gasteiger partial charge in [-0.2, -0.15) is 0 Å². The largest absolute Gasteiger partial charge is 0.338 e. The summed E-state index contributed by atoms with van der Waals surface area (Å²) < 4.78 is 0. The van der Waals surface area contributed by atoms with Crippen molar-refractivity contribution in [2.75, 3.05) is 25.0 Å². The number of likely N-dealkylation sites (tertiary alicyclic amines) is 2. The molecule has 7 nitrogen and oxygen atoms in total. The van der Waals surface area contributed by atoms with Gasteiger partial charge in [-0.1, -0.05) is 11.3 Å². The maximum Gasteiger partial charge on any atom is 0.240 e. The lowest BCUT2D eigenvalue weighted by Gasteiger charge is -2.34. The predicted molar refractivity (Wildman–Crippen MR) is 83.5 cm³/mol. The zero-order valence-electron chi connectivity index (χ0n) is 12.7. The van der Waals surface area contributed by atoms with Gasteiger partial charge < -0.3 is 4.90 Å². The molecule has 1 aromatic heterocycles. The van der Waals surface area contributed by atoms with Crippen LogP contribution in [0.4, 0.5) is 5.13 Å². The van der Waals surface area contributed by atoms with Crippen molar-refractivity contribution in [3.63, 3.8) is 0 Å². The third-order valence-electron chi connectivity index (χ3n) is 4.52. The Bertz CT molecular complexity index is 535. The second-order valence-electron chi connectivity index (χ2n) is 5.89. The summed E-state index contributed by atoms with van der Waals surface area (Å²) in [5.74, 6) is 0.0867. The summed E-state index contributed by atoms with van der Waals surface area (Å²) >= 11 is 1.31. The number of hydrogen-bond donors (Lipinski definition) is 1. The van der Waals surface area contributed by atoms with E-state index in [1.807, 2.05) is 4.90 Å². The summed E-state index contributed by atoms with van der Waals surface area (Å²) in [6.07, 6.45) is 4.24. The molecular formula is C14H21N5O2S. The van der Waals surface area contributed by atoms with E-state index in [0.29, 0.717) is 17.7 Å². The molecule has 0 unspecified atom stereocenters. The fourth-order valence-corrected chi connectivity index (χ4v) is 4.10. The van der Waals surface area contributed by atoms with E-state index in [9.17, 15) is 9.59 Å². The van der Waals surface area contributed by atoms with E-state index in [4.69, 9.17) is 0 Å². The molecule has 2 aliphatic heterocycles. The third-order valence-corrected chi connectivity index (χ3v) is 5.12. The van der Waals surface area contributed by atoms with Crippen LogP contribution in [0.1, 0.15) is 32.6 Å². The number of nitrogens with one attached hydrogen (secondary N) is 1. The van der Waals surface area contributed by atoms with Crippen molar-refractivity contribution in [2.45, 2.75) is 44.7 Å². The average molecular weight is 323 g/mol. The lowest BCUT2D eigenvalue weighted by atomic mass is 10.0. The van der Waals surface area contributed by atoms with Gasteiger partial charge in [0.25, 0.3) is 0 Å². The molecule has 2 atom stereocenters. The monoisotopic (exact) mass is 323 g/mol. The molecule has 3 rings (SSSR count). The second-order valence-corrected chi connectivity index (χ2v) is 6.73. The molecule has 3 heterocycles. The number of anilines is 1. The van der Waals surface area contributed by atoms with Crippen molar-refractivity contribution in [3.8, 4) is 0 Å². The van der Waals surface area contributed by atoms with Gasteiger partial charge in [-0.25, -0.2) is 0 Å². The van der Waals surface area contributed by atoms with Crippen LogP contribution < -0.4 is 5.32 Å². The van der Waals surface area contributed by atoms with Gasteiger partial charge in [-0.3, -0.25) is 19.8 Å². The molecule has 0 aromatic carbocycles. The number of carbonyl (C=O) groups is 2. The first-order valence-corrected chi connectivity index (χ1v) is 8.60. The van der Waals surface area contributed by atoms with Crippen LogP contribution in [-0.2, 0) is 9.59 Å². The molecule has 0 aliphatic carbocycles. The summed E-state index contributed by atoms with van der Waals surface area (Å²) in [6.45, 7) is 3.75. The van der Waals surface area contributed by atoms with Crippen LogP contribution in [0.5, 0.6) is 0 Å². The smallest absolute Gasteiger partial charge is 0.240 e. The number of aromatic nitrogens is 2. The molecule has 2 amide bonds. The van der Waals surface area contributed by atoms with Crippen LogP contribution in [0.2, 0.25) is 0 Å². The quantitative estimate of drug-likeness (QED) is 0.892. The molecule has 2 aliphatic rings. The van der Waals surface area contributed by atoms with E-state index < -0.39 is 0 Å². The molecule has 0 bridgehead atoms. The molecule has 2 fully saturated rings. The Hall–Kier alpha value is -1.54. The van der Waals surface area contributed by atoms with Crippen LogP contribution in [0.3, 0.4) is 0 Å². The minimum Gasteiger partial charge on any atom is -0.338 e. The Kier molecular flexibility index (Phi) is 4.68. The Morgan fingerprint density at radius 2 is 2.09 bits per heavy atom. The summed E-state index contributed by atoms with van der Waals surface area (Å²) in [6, 6.07) is 0.556. The minimum atomic E-state index is -0.0592. The van der Waals surface area contributed by atoms with E-state index in [0.717, 1.165) is 38.8 Å². The minimum absolute atomic E-state index is 0.0592. The number of carbonyl (C=O) groups excluding carboxylic acids is 2. The third kappa shape index (κ3) is 3.27. The highest BCUT2D eigenvalue weighted by molar-refractivity contribution is 7.13. The first-order valence-electron chi connectivity index (χ1n) is 7.72. The van der Waals surface area contributed by atoms with Crippen LogP contribution >= 0.6 is 11.3 Å². The molecule has 0 spiro atoms. The summed E-state index contributed by atoms with van der Waals surface area (Å²) in [5.41, 5.74) is 1.59. The summed E-state index contributed by atoms with van der Waals surface area (Å²) in [7, 11) is 0. The van der Waals surface area contributed by atoms with Gasteiger partial charge in [-0.15, -0.1) is 10.2 Å². The molecule has 1 N–H and O–H groups in total. The number of amides is 2. The standard InChI is InChI=1S/C14H21N5O2S/c1-10(20)19-7-3-5-12(19)11-4-2-6-18(11)8-13(21)16-14-17-15-9-22-14/h9,11-12H,2-8H2,1H3,(H,16,17,21)/t11-,12+/m0/s1. The Morgan fingerprint density at radius 3 is 2.82 bits per heavy atom. The normalized spacial score (nSPS) is 25.6. The maximum atomic E-state index is 12.1. The van der Waals surface area contributed by atoms with E-state index in [1.165, 1.54) is 11.3 Å². The van der Waals surface area contributed by atoms with Crippen LogP contribution in [0.15, 0.2) is 5.51 Å². The Morgan fingerprint density at radius 1 is 1.32 bits per heavy atom. The maximum absolute atomic E-state index is 12.1. The molecule has 1 aromatic rings. The highest BCUT2D eigenvalue weighted by Crippen LogP contribution is 2.29. The van der Waals surface area contributed by atoms with Gasteiger partial charge in [0.15, 0.2) is 0 Å². The first kappa shape index (κ1) is 15.4. The highest BCUT2D eigenvalue weighted by Gasteiger charge is 2.39. The van der Waals surface area contributed by atoms with Gasteiger partial charge in [0, 0.05) is 25.6 Å². The van der Waals surface area contributed by atoms with E-state index in [2.05, 4.69) is 20.4 Å². The van der Waals surface area contributed by atoms with Crippen molar-refractivity contribution in [1.82, 2.24) is 20.0 Å². The lowest BCUT2D eigenvalue weighted by molar-refractivity contribution is -0.130. The van der Waals surface area contributed by atoms with E-state index in [1.54, 1.807) is 12.4 Å². The van der Waals surface area contributed by atoms with Gasteiger partial charge in [0.05, 0.1) is 6.54 Å². The molecule has 2 saturated heterocycles. The van der Waals surface area contributed by atoms with Gasteiger partial charge in [0.2, 0.25) is 16.9 Å². The fourth-order valence-electron chi connectivity index (χ4n) is 3.64. The van der Waals surface area contributed by atoms with Gasteiger partial charge in [0.1, 0.15) is 5.51 Å². The fraction of sp³-hybridized carbons (Fsp3) is 0.714. The van der Waals surface area contributed by atoms with Crippen molar-refractivity contribution in [1.29, 1.82) is 0 Å². The molecular weight excluding hydrogens is 302 g/mol. The van der Waals surface area contributed by atoms with Gasteiger partial charge >= 0.3 is 0 Å². The Balaban J connectivity index is 1.60. The van der Waals surface area contributed by atoms with Crippen molar-refractivity contribution < 1.29 is 9.59 Å². The molecule has 22 heavy (non-hydrogen) atoms. The molecule has 120 valence electrons. The molecule has 0 radical (unpaired) electrons. The van der Waals surface area contributed by atoms with Crippen molar-refractivity contribution >= 4 is 28.3 Å². The lowest BCUT2D eigenvalue weighted by Crippen LogP contribution is -2.49. The SMILES string of the molecule is CC(=O)N1CCC[C@@H]1[C@@H]1CCCN1CC(=O)Nc1nncs1. The van der Waals surface area contributed by atoms with Crippen LogP contribution in [-0.4, -0.2) is 63.5 Å². The van der Waals surface area contributed by atoms with Gasteiger partial charge in [-0.05, 0) is 32.2 Å². The van der Waals surface area contributed by atoms with Crippen molar-refractivity contribution in [3.05, 3.63) is 5.51 Å². The van der Waals surface area contributed by atoms with Crippen molar-refractivity contribution in [2.24, 2.45) is 0 Å². The van der Waals surface area contributed by atoms with Crippen LogP contribution in [0.25, 0.3) is 0 Å². The number of hydrogen-bond acceptors (Lipinski definition) is 6. The van der Waals surface area contributed by atoms with E-state index in [-0.39, 0.29) is 17.9 Å². The molecule has 0 saturated carbocycles. The second kappa shape index (κ2) is 6.70. The zero-order valence-corrected chi connectivity index (χ0v) is 13.5. The first-order chi connectivity index (χ1) is 10.6. The highest BCUT2D eigenvalue weighted by atomic mass is 32.1. The number of rotatable bonds is 4. The zero-order chi connectivity index (χ0) is 15.5. The predicted octanol–water partition coefficient (Wildman–Crippen LogP) is 0.952. The Labute approximate surface area is 133 Å². The average Bonchev–Trinajstić information content (AvgIpc) is 3.17. The molecule has 8 heteroatoms.